The van der Waals surface area contributed by atoms with Crippen LogP contribution >= 0.6 is 0 Å². The Bertz CT molecular complexity index is 3750. The van der Waals surface area contributed by atoms with Gasteiger partial charge in [-0.05, 0) is 65.7 Å². The zero-order valence-corrected chi connectivity index (χ0v) is 30.2. The normalized spacial score (nSPS) is 13.1. The van der Waals surface area contributed by atoms with Crippen molar-refractivity contribution >= 4 is 65.6 Å². The van der Waals surface area contributed by atoms with Crippen LogP contribution in [-0.4, -0.2) is 24.1 Å². The maximum Gasteiger partial charge on any atom is 0.238 e. The first-order chi connectivity index (χ1) is 30.3. The van der Waals surface area contributed by atoms with Gasteiger partial charge in [0.05, 0.1) is 28.9 Å². The van der Waals surface area contributed by atoms with Crippen LogP contribution in [0.4, 0.5) is 0 Å². The molecule has 57 heavy (non-hydrogen) atoms. The average molecular weight is 735 g/mol. The SMILES string of the molecule is [2H]c1c([2H])c([2H])c(-c2nc(-c3ccc4oc5cc(-n6c7ccccc7c7ccc(-c8ccccc8)cc76)ccc5c4c3)nc(-n3c4ccccc4c4ccccc43)n2)c([2H])c1[2H]. The number of hydrogen-bond donors (Lipinski definition) is 0. The minimum atomic E-state index is -0.490. The van der Waals surface area contributed by atoms with Gasteiger partial charge in [0.1, 0.15) is 11.2 Å². The van der Waals surface area contributed by atoms with Crippen LogP contribution in [0.5, 0.6) is 0 Å². The van der Waals surface area contributed by atoms with Crippen molar-refractivity contribution in [3.05, 3.63) is 188 Å². The van der Waals surface area contributed by atoms with E-state index in [1.165, 1.54) is 0 Å². The Hall–Kier alpha value is -7.83. The first kappa shape index (κ1) is 26.9. The highest BCUT2D eigenvalue weighted by atomic mass is 16.3. The lowest BCUT2D eigenvalue weighted by Gasteiger charge is -2.11. The zero-order chi connectivity index (χ0) is 41.8. The van der Waals surface area contributed by atoms with E-state index in [0.29, 0.717) is 16.7 Å². The Morgan fingerprint density at radius 1 is 0.386 bits per heavy atom. The predicted molar refractivity (Wildman–Crippen MR) is 232 cm³/mol. The second-order valence-electron chi connectivity index (χ2n) is 14.1. The summed E-state index contributed by atoms with van der Waals surface area (Å²) in [5, 5.41) is 6.07. The predicted octanol–water partition coefficient (Wildman–Crippen LogP) is 13.0. The second kappa shape index (κ2) is 12.3. The van der Waals surface area contributed by atoms with Gasteiger partial charge in [0.2, 0.25) is 5.95 Å². The molecule has 0 aliphatic heterocycles. The molecule has 8 aromatic carbocycles. The topological polar surface area (TPSA) is 61.7 Å². The lowest BCUT2D eigenvalue weighted by atomic mass is 10.0. The highest BCUT2D eigenvalue weighted by molar-refractivity contribution is 6.12. The lowest BCUT2D eigenvalue weighted by molar-refractivity contribution is 0.668. The molecule has 0 atom stereocenters. The van der Waals surface area contributed by atoms with Crippen molar-refractivity contribution in [2.75, 3.05) is 0 Å². The highest BCUT2D eigenvalue weighted by Crippen LogP contribution is 2.38. The van der Waals surface area contributed by atoms with E-state index in [4.69, 9.17) is 26.2 Å². The summed E-state index contributed by atoms with van der Waals surface area (Å²) in [6.45, 7) is 0. The molecule has 0 radical (unpaired) electrons. The Morgan fingerprint density at radius 3 is 1.70 bits per heavy atom. The molecule has 6 nitrogen and oxygen atoms in total. The fourth-order valence-corrected chi connectivity index (χ4v) is 8.31. The number of fused-ring (bicyclic) bond motifs is 9. The summed E-state index contributed by atoms with van der Waals surface area (Å²) >= 11 is 0. The smallest absolute Gasteiger partial charge is 0.238 e. The maximum atomic E-state index is 8.85. The summed E-state index contributed by atoms with van der Waals surface area (Å²) in [6.07, 6.45) is 0. The Morgan fingerprint density at radius 2 is 0.982 bits per heavy atom. The van der Waals surface area contributed by atoms with E-state index in [2.05, 4.69) is 89.5 Å². The van der Waals surface area contributed by atoms with E-state index in [9.17, 15) is 0 Å². The lowest BCUT2D eigenvalue weighted by Crippen LogP contribution is -2.06. The van der Waals surface area contributed by atoms with Crippen LogP contribution in [0.25, 0.3) is 111 Å². The van der Waals surface area contributed by atoms with E-state index in [-0.39, 0.29) is 23.2 Å². The molecular weight excluding hydrogens is 699 g/mol. The number of benzene rings is 8. The molecule has 0 saturated heterocycles. The number of furan rings is 1. The molecule has 0 saturated carbocycles. The van der Waals surface area contributed by atoms with Gasteiger partial charge in [-0.25, -0.2) is 4.98 Å². The summed E-state index contributed by atoms with van der Waals surface area (Å²) in [5.41, 5.74) is 9.05. The summed E-state index contributed by atoms with van der Waals surface area (Å²) in [7, 11) is 0. The largest absolute Gasteiger partial charge is 0.456 e. The minimum Gasteiger partial charge on any atom is -0.456 e. The van der Waals surface area contributed by atoms with Crippen LogP contribution in [0, 0.1) is 0 Å². The molecule has 0 bridgehead atoms. The molecule has 266 valence electrons. The van der Waals surface area contributed by atoms with Gasteiger partial charge in [-0.3, -0.25) is 4.57 Å². The van der Waals surface area contributed by atoms with Gasteiger partial charge < -0.3 is 8.98 Å². The Labute approximate surface area is 333 Å². The average Bonchev–Trinajstić information content (AvgIpc) is 3.97. The zero-order valence-electron chi connectivity index (χ0n) is 35.2. The van der Waals surface area contributed by atoms with E-state index >= 15 is 0 Å². The van der Waals surface area contributed by atoms with Crippen molar-refractivity contribution in [2.24, 2.45) is 0 Å². The molecular formula is C51H31N5O. The Kier molecular flexibility index (Phi) is 5.82. The molecule has 12 rings (SSSR count). The molecule has 0 aliphatic rings. The first-order valence-corrected chi connectivity index (χ1v) is 18.7. The van der Waals surface area contributed by atoms with E-state index in [1.54, 1.807) is 0 Å². The van der Waals surface area contributed by atoms with E-state index < -0.39 is 30.2 Å². The standard InChI is InChI=1S/C51H31N5O/c1-3-13-32(14-4-1)34-23-26-40-39-19-7-10-20-43(39)55(46(40)30-34)36-25-27-41-42-29-35(24-28-47(42)57-48(41)31-36)50-52-49(33-15-5-2-6-16-33)53-51(54-50)56-44-21-11-8-17-37(44)38-18-9-12-22-45(38)56/h1-31H/i2D,5D,6D,15D,16D. The van der Waals surface area contributed by atoms with Crippen molar-refractivity contribution in [3.63, 3.8) is 0 Å². The molecule has 0 amide bonds. The highest BCUT2D eigenvalue weighted by Gasteiger charge is 2.19. The molecule has 0 aliphatic carbocycles. The van der Waals surface area contributed by atoms with Crippen molar-refractivity contribution in [1.82, 2.24) is 24.1 Å². The molecule has 12 aromatic rings. The molecule has 0 unspecified atom stereocenters. The third-order valence-electron chi connectivity index (χ3n) is 10.9. The minimum absolute atomic E-state index is 0.0350. The summed E-state index contributed by atoms with van der Waals surface area (Å²) in [5.74, 6) is 0.482. The molecule has 4 heterocycles. The number of hydrogen-bond acceptors (Lipinski definition) is 4. The van der Waals surface area contributed by atoms with Crippen LogP contribution in [0.2, 0.25) is 0 Å². The third kappa shape index (κ3) is 4.94. The van der Waals surface area contributed by atoms with Gasteiger partial charge in [0.15, 0.2) is 11.6 Å². The summed E-state index contributed by atoms with van der Waals surface area (Å²) in [4.78, 5) is 14.8. The van der Waals surface area contributed by atoms with Gasteiger partial charge in [0, 0.05) is 55.2 Å². The molecule has 0 fully saturated rings. The van der Waals surface area contributed by atoms with Crippen LogP contribution in [0.1, 0.15) is 6.85 Å². The molecule has 0 spiro atoms. The Balaban J connectivity index is 1.05. The number of nitrogens with zero attached hydrogens (tertiary/aromatic N) is 5. The van der Waals surface area contributed by atoms with Crippen molar-refractivity contribution in [3.8, 4) is 45.5 Å². The van der Waals surface area contributed by atoms with Gasteiger partial charge in [0.25, 0.3) is 0 Å². The third-order valence-corrected chi connectivity index (χ3v) is 10.9. The number of para-hydroxylation sites is 3. The quantitative estimate of drug-likeness (QED) is 0.177. The van der Waals surface area contributed by atoms with Gasteiger partial charge in [-0.1, -0.05) is 127 Å². The number of rotatable bonds is 5. The molecule has 6 heteroatoms. The van der Waals surface area contributed by atoms with E-state index in [1.807, 2.05) is 77.4 Å². The number of aromatic nitrogens is 5. The summed E-state index contributed by atoms with van der Waals surface area (Å²) < 4.78 is 53.6. The van der Waals surface area contributed by atoms with Crippen LogP contribution in [0.3, 0.4) is 0 Å². The van der Waals surface area contributed by atoms with Crippen LogP contribution in [0.15, 0.2) is 192 Å². The van der Waals surface area contributed by atoms with E-state index in [0.717, 1.165) is 71.2 Å². The van der Waals surface area contributed by atoms with Crippen LogP contribution in [-0.2, 0) is 0 Å². The van der Waals surface area contributed by atoms with Crippen molar-refractivity contribution in [2.45, 2.75) is 0 Å². The maximum absolute atomic E-state index is 8.85. The molecule has 0 N–H and O–H groups in total. The van der Waals surface area contributed by atoms with Gasteiger partial charge in [-0.2, -0.15) is 9.97 Å². The fraction of sp³-hybridized carbons (Fsp3) is 0. The first-order valence-electron chi connectivity index (χ1n) is 21.2. The molecule has 4 aromatic heterocycles. The second-order valence-corrected chi connectivity index (χ2v) is 14.1. The van der Waals surface area contributed by atoms with Crippen LogP contribution < -0.4 is 0 Å². The van der Waals surface area contributed by atoms with Gasteiger partial charge in [-0.15, -0.1) is 0 Å². The monoisotopic (exact) mass is 734 g/mol. The van der Waals surface area contributed by atoms with Crippen molar-refractivity contribution < 1.29 is 11.3 Å². The summed E-state index contributed by atoms with van der Waals surface area (Å²) in [6, 6.07) is 51.2. The fourth-order valence-electron chi connectivity index (χ4n) is 8.31. The van der Waals surface area contributed by atoms with Gasteiger partial charge >= 0.3 is 0 Å². The van der Waals surface area contributed by atoms with Crippen molar-refractivity contribution in [1.29, 1.82) is 0 Å².